The van der Waals surface area contributed by atoms with E-state index < -0.39 is 0 Å². The van der Waals surface area contributed by atoms with E-state index in [9.17, 15) is 0 Å². The van der Waals surface area contributed by atoms with E-state index >= 15 is 0 Å². The maximum atomic E-state index is 5.98. The van der Waals surface area contributed by atoms with Crippen LogP contribution in [0.25, 0.3) is 0 Å². The highest BCUT2D eigenvalue weighted by atomic mass is 35.5. The molecule has 1 heterocycles. The van der Waals surface area contributed by atoms with Crippen molar-refractivity contribution in [3.05, 3.63) is 17.2 Å². The molecule has 0 aliphatic heterocycles. The zero-order chi connectivity index (χ0) is 12.3. The third-order valence-corrected chi connectivity index (χ3v) is 5.08. The average Bonchev–Trinajstić information content (AvgIpc) is 2.68. The Morgan fingerprint density at radius 2 is 2.29 bits per heavy atom. The van der Waals surface area contributed by atoms with Crippen molar-refractivity contribution in [3.8, 4) is 0 Å². The summed E-state index contributed by atoms with van der Waals surface area (Å²) in [6.07, 6.45) is 9.26. The van der Waals surface area contributed by atoms with E-state index in [1.54, 1.807) is 6.20 Å². The minimum absolute atomic E-state index is 0.620. The first-order valence-corrected chi connectivity index (χ1v) is 7.81. The number of aromatic nitrogens is 2. The summed E-state index contributed by atoms with van der Waals surface area (Å²) >= 11 is 7.96. The Morgan fingerprint density at radius 1 is 1.53 bits per heavy atom. The summed E-state index contributed by atoms with van der Waals surface area (Å²) in [4.78, 5) is 4.31. The van der Waals surface area contributed by atoms with E-state index in [2.05, 4.69) is 16.6 Å². The van der Waals surface area contributed by atoms with Gasteiger partial charge in [0.05, 0.1) is 12.7 Å². The van der Waals surface area contributed by atoms with Gasteiger partial charge in [0.25, 0.3) is 0 Å². The van der Waals surface area contributed by atoms with Gasteiger partial charge in [0.2, 0.25) is 0 Å². The van der Waals surface area contributed by atoms with Crippen molar-refractivity contribution in [1.82, 2.24) is 14.9 Å². The maximum Gasteiger partial charge on any atom is 0.128 e. The van der Waals surface area contributed by atoms with Crippen molar-refractivity contribution in [2.75, 3.05) is 6.26 Å². The average molecular weight is 274 g/mol. The highest BCUT2D eigenvalue weighted by Crippen LogP contribution is 2.27. The lowest BCUT2D eigenvalue weighted by molar-refractivity contribution is 0.378. The van der Waals surface area contributed by atoms with Gasteiger partial charge in [-0.2, -0.15) is 11.8 Å². The molecule has 5 heteroatoms. The molecule has 0 amide bonds. The monoisotopic (exact) mass is 273 g/mol. The van der Waals surface area contributed by atoms with Crippen LogP contribution in [0.5, 0.6) is 0 Å². The van der Waals surface area contributed by atoms with Crippen LogP contribution in [0.15, 0.2) is 6.20 Å². The van der Waals surface area contributed by atoms with Crippen LogP contribution in [0.2, 0.25) is 5.15 Å². The molecule has 0 radical (unpaired) electrons. The Balaban J connectivity index is 1.90. The van der Waals surface area contributed by atoms with Crippen LogP contribution in [-0.2, 0) is 13.6 Å². The molecule has 2 unspecified atom stereocenters. The molecular weight excluding hydrogens is 254 g/mol. The molecule has 2 rings (SSSR count). The summed E-state index contributed by atoms with van der Waals surface area (Å²) in [6, 6.07) is 0.620. The van der Waals surface area contributed by atoms with Gasteiger partial charge < -0.3 is 9.88 Å². The number of nitrogens with zero attached hydrogens (tertiary/aromatic N) is 2. The minimum Gasteiger partial charge on any atom is -0.321 e. The van der Waals surface area contributed by atoms with Gasteiger partial charge in [-0.1, -0.05) is 24.4 Å². The zero-order valence-electron chi connectivity index (χ0n) is 10.4. The Kier molecular flexibility index (Phi) is 4.77. The molecule has 0 spiro atoms. The lowest BCUT2D eigenvalue weighted by Crippen LogP contribution is -2.40. The van der Waals surface area contributed by atoms with E-state index in [4.69, 9.17) is 11.6 Å². The van der Waals surface area contributed by atoms with Crippen molar-refractivity contribution < 1.29 is 0 Å². The van der Waals surface area contributed by atoms with Crippen LogP contribution in [-0.4, -0.2) is 27.1 Å². The number of halogens is 1. The fourth-order valence-corrected chi connectivity index (χ4v) is 3.53. The van der Waals surface area contributed by atoms with E-state index in [0.29, 0.717) is 11.2 Å². The molecule has 1 aliphatic carbocycles. The Labute approximate surface area is 112 Å². The molecule has 0 saturated heterocycles. The molecule has 96 valence electrons. The predicted octanol–water partition coefficient (Wildman–Crippen LogP) is 2.84. The third kappa shape index (κ3) is 3.18. The number of hydrogen-bond acceptors (Lipinski definition) is 3. The number of rotatable bonds is 4. The van der Waals surface area contributed by atoms with Crippen LogP contribution in [0.4, 0.5) is 0 Å². The molecule has 1 aromatic heterocycles. The van der Waals surface area contributed by atoms with Gasteiger partial charge in [-0.3, -0.25) is 0 Å². The van der Waals surface area contributed by atoms with Crippen molar-refractivity contribution in [2.24, 2.45) is 7.05 Å². The summed E-state index contributed by atoms with van der Waals surface area (Å²) in [5.41, 5.74) is 0. The zero-order valence-corrected chi connectivity index (χ0v) is 12.0. The molecule has 3 nitrogen and oxygen atoms in total. The fourth-order valence-electron chi connectivity index (χ4n) is 2.42. The van der Waals surface area contributed by atoms with Crippen molar-refractivity contribution in [1.29, 1.82) is 0 Å². The van der Waals surface area contributed by atoms with Crippen molar-refractivity contribution in [3.63, 3.8) is 0 Å². The fraction of sp³-hybridized carbons (Fsp3) is 0.750. The molecule has 1 aromatic rings. The Morgan fingerprint density at radius 3 is 2.94 bits per heavy atom. The third-order valence-electron chi connectivity index (χ3n) is 3.56. The molecule has 1 aliphatic rings. The van der Waals surface area contributed by atoms with E-state index in [1.807, 2.05) is 23.4 Å². The van der Waals surface area contributed by atoms with Gasteiger partial charge in [0.15, 0.2) is 0 Å². The van der Waals surface area contributed by atoms with Crippen LogP contribution < -0.4 is 5.32 Å². The van der Waals surface area contributed by atoms with Gasteiger partial charge in [-0.15, -0.1) is 0 Å². The SMILES string of the molecule is CSC1CCCCC1NCc1ncc(Cl)n1C. The molecule has 0 bridgehead atoms. The molecular formula is C12H20ClN3S. The minimum atomic E-state index is 0.620. The first kappa shape index (κ1) is 13.2. The lowest BCUT2D eigenvalue weighted by Gasteiger charge is -2.31. The lowest BCUT2D eigenvalue weighted by atomic mass is 9.95. The Hall–Kier alpha value is -0.190. The summed E-state index contributed by atoms with van der Waals surface area (Å²) in [5, 5.41) is 5.08. The number of thioether (sulfide) groups is 1. The van der Waals surface area contributed by atoms with Crippen molar-refractivity contribution >= 4 is 23.4 Å². The smallest absolute Gasteiger partial charge is 0.128 e. The summed E-state index contributed by atoms with van der Waals surface area (Å²) in [6.45, 7) is 0.810. The largest absolute Gasteiger partial charge is 0.321 e. The molecule has 1 N–H and O–H groups in total. The first-order valence-electron chi connectivity index (χ1n) is 6.14. The molecule has 0 aromatic carbocycles. The van der Waals surface area contributed by atoms with E-state index in [-0.39, 0.29) is 0 Å². The number of hydrogen-bond donors (Lipinski definition) is 1. The number of nitrogens with one attached hydrogen (secondary N) is 1. The standard InChI is InChI=1S/C12H20ClN3S/c1-16-11(13)7-15-12(16)8-14-9-5-3-4-6-10(9)17-2/h7,9-10,14H,3-6,8H2,1-2H3. The topological polar surface area (TPSA) is 29.9 Å². The highest BCUT2D eigenvalue weighted by molar-refractivity contribution is 7.99. The maximum absolute atomic E-state index is 5.98. The van der Waals surface area contributed by atoms with E-state index in [1.165, 1.54) is 25.7 Å². The van der Waals surface area contributed by atoms with Gasteiger partial charge in [-0.05, 0) is 19.1 Å². The first-order chi connectivity index (χ1) is 8.22. The van der Waals surface area contributed by atoms with Crippen LogP contribution in [0.1, 0.15) is 31.5 Å². The molecule has 1 saturated carbocycles. The predicted molar refractivity (Wildman–Crippen MR) is 74.6 cm³/mol. The Bertz CT molecular complexity index is 367. The summed E-state index contributed by atoms with van der Waals surface area (Å²) in [5.74, 6) is 1.01. The quantitative estimate of drug-likeness (QED) is 0.915. The van der Waals surface area contributed by atoms with E-state index in [0.717, 1.165) is 17.6 Å². The van der Waals surface area contributed by atoms with Crippen molar-refractivity contribution in [2.45, 2.75) is 43.5 Å². The second-order valence-corrected chi connectivity index (χ2v) is 6.07. The van der Waals surface area contributed by atoms with Gasteiger partial charge in [0, 0.05) is 18.3 Å². The van der Waals surface area contributed by atoms with Crippen LogP contribution in [0.3, 0.4) is 0 Å². The normalized spacial score (nSPS) is 25.1. The van der Waals surface area contributed by atoms with Crippen LogP contribution in [0, 0.1) is 0 Å². The summed E-state index contributed by atoms with van der Waals surface area (Å²) in [7, 11) is 1.96. The van der Waals surface area contributed by atoms with Gasteiger partial charge in [-0.25, -0.2) is 4.98 Å². The second-order valence-electron chi connectivity index (χ2n) is 4.60. The highest BCUT2D eigenvalue weighted by Gasteiger charge is 2.24. The molecule has 1 fully saturated rings. The summed E-state index contributed by atoms with van der Waals surface area (Å²) < 4.78 is 1.94. The molecule has 2 atom stereocenters. The van der Waals surface area contributed by atoms with Gasteiger partial charge >= 0.3 is 0 Å². The molecule has 17 heavy (non-hydrogen) atoms. The van der Waals surface area contributed by atoms with Crippen LogP contribution >= 0.6 is 23.4 Å². The van der Waals surface area contributed by atoms with Gasteiger partial charge in [0.1, 0.15) is 11.0 Å². The second kappa shape index (κ2) is 6.12. The number of imidazole rings is 1.